The fraction of sp³-hybridized carbons (Fsp3) is 0.562. The van der Waals surface area contributed by atoms with E-state index < -0.39 is 0 Å². The molecule has 2 N–H and O–H groups in total. The minimum absolute atomic E-state index is 0.0334. The molecule has 0 aliphatic carbocycles. The molecule has 120 valence electrons. The van der Waals surface area contributed by atoms with Crippen LogP contribution in [0.1, 0.15) is 30.9 Å². The van der Waals surface area contributed by atoms with E-state index in [0.29, 0.717) is 6.42 Å². The molecule has 1 aromatic carbocycles. The molecule has 2 heterocycles. The summed E-state index contributed by atoms with van der Waals surface area (Å²) < 4.78 is 18.3. The van der Waals surface area contributed by atoms with E-state index in [1.165, 1.54) is 12.1 Å². The number of carbonyl (C=O) groups is 1. The summed E-state index contributed by atoms with van der Waals surface area (Å²) in [7, 11) is 1.72. The second-order valence-corrected chi connectivity index (χ2v) is 5.94. The van der Waals surface area contributed by atoms with Gasteiger partial charge in [-0.05, 0) is 37.0 Å². The summed E-state index contributed by atoms with van der Waals surface area (Å²) in [4.78, 5) is 14.5. The first-order valence-electron chi connectivity index (χ1n) is 7.75. The number of nitrogens with zero attached hydrogens (tertiary/aromatic N) is 1. The van der Waals surface area contributed by atoms with Gasteiger partial charge >= 0.3 is 0 Å². The van der Waals surface area contributed by atoms with Crippen molar-refractivity contribution in [2.75, 3.05) is 20.2 Å². The Morgan fingerprint density at radius 2 is 1.91 bits per heavy atom. The Bertz CT molecular complexity index is 515. The number of hydrogen-bond donors (Lipinski definition) is 2. The molecule has 2 unspecified atom stereocenters. The van der Waals surface area contributed by atoms with Crippen molar-refractivity contribution >= 4 is 5.91 Å². The SMILES string of the molecule is COC1CCN(C(=O)C2CC(c3ccc(F)cc3)NN2)CC1. The van der Waals surface area contributed by atoms with Gasteiger partial charge in [0.2, 0.25) is 5.91 Å². The molecule has 0 aromatic heterocycles. The molecule has 2 aliphatic rings. The maximum absolute atomic E-state index is 13.0. The number of methoxy groups -OCH3 is 1. The average molecular weight is 307 g/mol. The predicted octanol–water partition coefficient (Wildman–Crippen LogP) is 1.37. The minimum Gasteiger partial charge on any atom is -0.381 e. The standard InChI is InChI=1S/C16H22FN3O2/c1-22-13-6-8-20(9-7-13)16(21)15-10-14(18-19-15)11-2-4-12(17)5-3-11/h2-5,13-15,18-19H,6-10H2,1H3. The molecule has 0 saturated carbocycles. The second-order valence-electron chi connectivity index (χ2n) is 5.94. The summed E-state index contributed by atoms with van der Waals surface area (Å²) in [6.07, 6.45) is 2.73. The number of halogens is 1. The molecule has 0 spiro atoms. The Morgan fingerprint density at radius 1 is 1.23 bits per heavy atom. The van der Waals surface area contributed by atoms with Gasteiger partial charge in [-0.15, -0.1) is 0 Å². The maximum atomic E-state index is 13.0. The number of benzene rings is 1. The summed E-state index contributed by atoms with van der Waals surface area (Å²) in [5.41, 5.74) is 7.20. The van der Waals surface area contributed by atoms with Crippen molar-refractivity contribution in [2.45, 2.75) is 37.5 Å². The van der Waals surface area contributed by atoms with Crippen LogP contribution in [-0.2, 0) is 9.53 Å². The lowest BCUT2D eigenvalue weighted by atomic mass is 10.0. The van der Waals surface area contributed by atoms with Crippen molar-refractivity contribution in [2.24, 2.45) is 0 Å². The van der Waals surface area contributed by atoms with E-state index in [1.807, 2.05) is 4.90 Å². The van der Waals surface area contributed by atoms with Gasteiger partial charge in [-0.3, -0.25) is 4.79 Å². The summed E-state index contributed by atoms with van der Waals surface area (Å²) in [5, 5.41) is 0. The van der Waals surface area contributed by atoms with Crippen molar-refractivity contribution in [1.82, 2.24) is 15.8 Å². The molecule has 0 radical (unpaired) electrons. The highest BCUT2D eigenvalue weighted by Gasteiger charge is 2.34. The van der Waals surface area contributed by atoms with Crippen LogP contribution in [0, 0.1) is 5.82 Å². The van der Waals surface area contributed by atoms with E-state index in [1.54, 1.807) is 19.2 Å². The third-order valence-corrected chi connectivity index (χ3v) is 4.56. The van der Waals surface area contributed by atoms with Gasteiger partial charge in [0.1, 0.15) is 11.9 Å². The first kappa shape index (κ1) is 15.4. The lowest BCUT2D eigenvalue weighted by Crippen LogP contribution is -2.49. The van der Waals surface area contributed by atoms with Gasteiger partial charge in [0.25, 0.3) is 0 Å². The summed E-state index contributed by atoms with van der Waals surface area (Å²) >= 11 is 0. The second kappa shape index (κ2) is 6.73. The molecule has 1 aromatic rings. The number of likely N-dealkylation sites (tertiary alicyclic amines) is 1. The van der Waals surface area contributed by atoms with Gasteiger partial charge in [-0.25, -0.2) is 15.2 Å². The molecule has 1 amide bonds. The van der Waals surface area contributed by atoms with Gasteiger partial charge < -0.3 is 9.64 Å². The van der Waals surface area contributed by atoms with E-state index in [-0.39, 0.29) is 29.9 Å². The molecule has 5 nitrogen and oxygen atoms in total. The van der Waals surface area contributed by atoms with Gasteiger partial charge in [-0.1, -0.05) is 12.1 Å². The number of hydrazine groups is 1. The molecule has 3 rings (SSSR count). The van der Waals surface area contributed by atoms with Crippen molar-refractivity contribution in [3.05, 3.63) is 35.6 Å². The van der Waals surface area contributed by atoms with E-state index in [2.05, 4.69) is 10.9 Å². The number of rotatable bonds is 3. The third-order valence-electron chi connectivity index (χ3n) is 4.56. The van der Waals surface area contributed by atoms with Crippen LogP contribution in [-0.4, -0.2) is 43.2 Å². The molecule has 2 saturated heterocycles. The monoisotopic (exact) mass is 307 g/mol. The third kappa shape index (κ3) is 3.29. The van der Waals surface area contributed by atoms with Gasteiger partial charge in [-0.2, -0.15) is 0 Å². The van der Waals surface area contributed by atoms with Crippen LogP contribution >= 0.6 is 0 Å². The summed E-state index contributed by atoms with van der Waals surface area (Å²) in [6, 6.07) is 6.21. The van der Waals surface area contributed by atoms with E-state index in [0.717, 1.165) is 31.5 Å². The van der Waals surface area contributed by atoms with Crippen LogP contribution in [0.4, 0.5) is 4.39 Å². The van der Waals surface area contributed by atoms with Crippen molar-refractivity contribution in [3.8, 4) is 0 Å². The molecule has 2 atom stereocenters. The highest BCUT2D eigenvalue weighted by Crippen LogP contribution is 2.24. The van der Waals surface area contributed by atoms with Crippen LogP contribution in [0.25, 0.3) is 0 Å². The fourth-order valence-corrected chi connectivity index (χ4v) is 3.16. The number of carbonyl (C=O) groups excluding carboxylic acids is 1. The van der Waals surface area contributed by atoms with Crippen LogP contribution in [0.5, 0.6) is 0 Å². The summed E-state index contributed by atoms with van der Waals surface area (Å²) in [6.45, 7) is 1.49. The molecule has 22 heavy (non-hydrogen) atoms. The van der Waals surface area contributed by atoms with Crippen molar-refractivity contribution < 1.29 is 13.9 Å². The molecular weight excluding hydrogens is 285 g/mol. The molecular formula is C16H22FN3O2. The Hall–Kier alpha value is -1.50. The van der Waals surface area contributed by atoms with Crippen LogP contribution in [0.2, 0.25) is 0 Å². The normalized spacial score (nSPS) is 26.4. The number of hydrogen-bond acceptors (Lipinski definition) is 4. The quantitative estimate of drug-likeness (QED) is 0.886. The first-order chi connectivity index (χ1) is 10.7. The Kier molecular flexibility index (Phi) is 4.71. The lowest BCUT2D eigenvalue weighted by molar-refractivity contribution is -0.135. The average Bonchev–Trinajstić information content (AvgIpc) is 3.05. The smallest absolute Gasteiger partial charge is 0.241 e. The van der Waals surface area contributed by atoms with Crippen molar-refractivity contribution in [3.63, 3.8) is 0 Å². The number of nitrogens with one attached hydrogen (secondary N) is 2. The van der Waals surface area contributed by atoms with Crippen LogP contribution in [0.3, 0.4) is 0 Å². The zero-order valence-corrected chi connectivity index (χ0v) is 12.7. The summed E-state index contributed by atoms with van der Waals surface area (Å²) in [5.74, 6) is -0.116. The van der Waals surface area contributed by atoms with Gasteiger partial charge in [0.15, 0.2) is 0 Å². The van der Waals surface area contributed by atoms with Crippen molar-refractivity contribution in [1.29, 1.82) is 0 Å². The zero-order chi connectivity index (χ0) is 15.5. The number of amides is 1. The molecule has 6 heteroatoms. The maximum Gasteiger partial charge on any atom is 0.241 e. The van der Waals surface area contributed by atoms with E-state index in [4.69, 9.17) is 4.74 Å². The van der Waals surface area contributed by atoms with Gasteiger partial charge in [0.05, 0.1) is 6.10 Å². The van der Waals surface area contributed by atoms with Crippen LogP contribution in [0.15, 0.2) is 24.3 Å². The van der Waals surface area contributed by atoms with Crippen LogP contribution < -0.4 is 10.9 Å². The first-order valence-corrected chi connectivity index (χ1v) is 7.75. The highest BCUT2D eigenvalue weighted by atomic mass is 19.1. The zero-order valence-electron chi connectivity index (χ0n) is 12.7. The largest absolute Gasteiger partial charge is 0.381 e. The topological polar surface area (TPSA) is 53.6 Å². The minimum atomic E-state index is -0.247. The molecule has 2 fully saturated rings. The fourth-order valence-electron chi connectivity index (χ4n) is 3.16. The number of piperidine rings is 1. The lowest BCUT2D eigenvalue weighted by Gasteiger charge is -2.32. The van der Waals surface area contributed by atoms with E-state index in [9.17, 15) is 9.18 Å². The Morgan fingerprint density at radius 3 is 2.55 bits per heavy atom. The highest BCUT2D eigenvalue weighted by molar-refractivity contribution is 5.82. The Balaban J connectivity index is 1.56. The molecule has 0 bridgehead atoms. The number of ether oxygens (including phenoxy) is 1. The predicted molar refractivity (Wildman–Crippen MR) is 80.4 cm³/mol. The molecule has 2 aliphatic heterocycles. The Labute approximate surface area is 129 Å². The van der Waals surface area contributed by atoms with E-state index >= 15 is 0 Å². The van der Waals surface area contributed by atoms with Gasteiger partial charge in [0, 0.05) is 26.2 Å².